The number of nitrogens with zero attached hydrogens (tertiary/aromatic N) is 1. The number of hydrogen-bond donors (Lipinski definition) is 3. The molecule has 0 spiro atoms. The Hall–Kier alpha value is -2.09. The van der Waals surface area contributed by atoms with Crippen LogP contribution in [0.1, 0.15) is 0 Å². The number of nitro benzene ring substituents is 1. The van der Waals surface area contributed by atoms with Gasteiger partial charge in [-0.15, -0.1) is 0 Å². The summed E-state index contributed by atoms with van der Waals surface area (Å²) in [4.78, 5) is 10.1. The van der Waals surface area contributed by atoms with Crippen molar-refractivity contribution in [3.05, 3.63) is 56.6 Å². The Bertz CT molecular complexity index is 735. The van der Waals surface area contributed by atoms with Crippen molar-refractivity contribution in [2.45, 2.75) is 0 Å². The van der Waals surface area contributed by atoms with E-state index in [9.17, 15) is 15.2 Å². The molecule has 0 atom stereocenters. The van der Waals surface area contributed by atoms with E-state index < -0.39 is 16.4 Å². The van der Waals surface area contributed by atoms with Gasteiger partial charge in [-0.3, -0.25) is 10.1 Å². The lowest BCUT2D eigenvalue weighted by molar-refractivity contribution is -0.385. The van der Waals surface area contributed by atoms with Gasteiger partial charge in [0.15, 0.2) is 10.9 Å². The summed E-state index contributed by atoms with van der Waals surface area (Å²) in [5.74, 6) is -0.420. The molecule has 0 radical (unpaired) electrons. The molecule has 2 aromatic carbocycles. The largest absolute Gasteiger partial charge is 0.502 e. The summed E-state index contributed by atoms with van der Waals surface area (Å²) in [5, 5.41) is 26.9. The van der Waals surface area contributed by atoms with E-state index in [2.05, 4.69) is 10.6 Å². The molecule has 2 aromatic rings. The van der Waals surface area contributed by atoms with Gasteiger partial charge in [0.05, 0.1) is 4.92 Å². The Morgan fingerprint density at radius 1 is 1.09 bits per heavy atom. The molecule has 114 valence electrons. The van der Waals surface area contributed by atoms with Crippen LogP contribution in [-0.2, 0) is 0 Å². The van der Waals surface area contributed by atoms with E-state index in [0.717, 1.165) is 0 Å². The average Bonchev–Trinajstić information content (AvgIpc) is 2.39. The molecular weight excluding hydrogens is 349 g/mol. The SMILES string of the molecule is O=[N+]([O-])c1cc(NC(=S)Nc2cc(Cl)cc(Cl)c2)ccc1O. The molecule has 0 heterocycles. The summed E-state index contributed by atoms with van der Waals surface area (Å²) < 4.78 is 0. The second kappa shape index (κ2) is 6.78. The van der Waals surface area contributed by atoms with Gasteiger partial charge in [-0.25, -0.2) is 0 Å². The summed E-state index contributed by atoms with van der Waals surface area (Å²) in [7, 11) is 0. The summed E-state index contributed by atoms with van der Waals surface area (Å²) in [6.07, 6.45) is 0. The van der Waals surface area contributed by atoms with E-state index >= 15 is 0 Å². The van der Waals surface area contributed by atoms with Crippen molar-refractivity contribution in [3.63, 3.8) is 0 Å². The van der Waals surface area contributed by atoms with Crippen LogP contribution in [0.4, 0.5) is 17.1 Å². The molecule has 0 amide bonds. The van der Waals surface area contributed by atoms with Crippen LogP contribution in [0, 0.1) is 10.1 Å². The minimum atomic E-state index is -0.687. The Labute approximate surface area is 140 Å². The lowest BCUT2D eigenvalue weighted by Gasteiger charge is -2.11. The molecule has 0 saturated carbocycles. The minimum Gasteiger partial charge on any atom is -0.502 e. The number of aromatic hydroxyl groups is 1. The lowest BCUT2D eigenvalue weighted by atomic mass is 10.2. The van der Waals surface area contributed by atoms with Gasteiger partial charge in [0.2, 0.25) is 0 Å². The summed E-state index contributed by atoms with van der Waals surface area (Å²) in [6.45, 7) is 0. The van der Waals surface area contributed by atoms with Crippen LogP contribution in [0.15, 0.2) is 36.4 Å². The maximum atomic E-state index is 10.8. The third kappa shape index (κ3) is 4.20. The molecule has 2 rings (SSSR count). The Morgan fingerprint density at radius 2 is 1.68 bits per heavy atom. The number of benzene rings is 2. The second-order valence-corrected chi connectivity index (χ2v) is 5.48. The summed E-state index contributed by atoms with van der Waals surface area (Å²) in [5.41, 5.74) is 0.511. The van der Waals surface area contributed by atoms with Crippen molar-refractivity contribution in [1.82, 2.24) is 0 Å². The molecule has 0 aliphatic carbocycles. The molecule has 3 N–H and O–H groups in total. The van der Waals surface area contributed by atoms with Gasteiger partial charge in [-0.2, -0.15) is 0 Å². The Morgan fingerprint density at radius 3 is 2.27 bits per heavy atom. The molecule has 22 heavy (non-hydrogen) atoms. The van der Waals surface area contributed by atoms with Crippen LogP contribution in [0.3, 0.4) is 0 Å². The third-order valence-corrected chi connectivity index (χ3v) is 3.19. The first-order chi connectivity index (χ1) is 10.3. The van der Waals surface area contributed by atoms with E-state index in [4.69, 9.17) is 35.4 Å². The van der Waals surface area contributed by atoms with Crippen molar-refractivity contribution in [2.75, 3.05) is 10.6 Å². The zero-order chi connectivity index (χ0) is 16.3. The minimum absolute atomic E-state index is 0.193. The maximum absolute atomic E-state index is 10.8. The Kier molecular flexibility index (Phi) is 5.02. The molecule has 0 unspecified atom stereocenters. The van der Waals surface area contributed by atoms with Gasteiger partial charge in [-0.1, -0.05) is 23.2 Å². The highest BCUT2D eigenvalue weighted by molar-refractivity contribution is 7.80. The first-order valence-corrected chi connectivity index (χ1v) is 7.03. The number of thiocarbonyl (C=S) groups is 1. The molecule has 0 aromatic heterocycles. The van der Waals surface area contributed by atoms with Crippen LogP contribution in [0.2, 0.25) is 10.0 Å². The number of hydrogen-bond acceptors (Lipinski definition) is 4. The molecule has 0 saturated heterocycles. The van der Waals surface area contributed by atoms with Crippen LogP contribution < -0.4 is 10.6 Å². The standard InChI is InChI=1S/C13H9Cl2N3O3S/c14-7-3-8(15)5-10(4-7)17-13(22)16-9-1-2-12(19)11(6-9)18(20)21/h1-6,19H,(H2,16,17,22). The fourth-order valence-corrected chi connectivity index (χ4v) is 2.43. The molecular formula is C13H9Cl2N3O3S. The number of nitrogens with one attached hydrogen (secondary N) is 2. The molecule has 0 fully saturated rings. The molecule has 0 bridgehead atoms. The number of nitro groups is 1. The summed E-state index contributed by atoms with van der Waals surface area (Å²) >= 11 is 16.9. The van der Waals surface area contributed by atoms with Crippen molar-refractivity contribution in [2.24, 2.45) is 0 Å². The molecule has 0 aliphatic rings. The highest BCUT2D eigenvalue weighted by Gasteiger charge is 2.14. The van der Waals surface area contributed by atoms with E-state index in [1.165, 1.54) is 18.2 Å². The van der Waals surface area contributed by atoms with E-state index in [-0.39, 0.29) is 5.11 Å². The topological polar surface area (TPSA) is 87.4 Å². The van der Waals surface area contributed by atoms with Crippen molar-refractivity contribution in [3.8, 4) is 5.75 Å². The number of halogens is 2. The summed E-state index contributed by atoms with van der Waals surface area (Å²) in [6, 6.07) is 8.67. The highest BCUT2D eigenvalue weighted by Crippen LogP contribution is 2.28. The first-order valence-electron chi connectivity index (χ1n) is 5.86. The monoisotopic (exact) mass is 357 g/mol. The maximum Gasteiger partial charge on any atom is 0.312 e. The van der Waals surface area contributed by atoms with Gasteiger partial charge < -0.3 is 15.7 Å². The van der Waals surface area contributed by atoms with Crippen molar-refractivity contribution < 1.29 is 10.0 Å². The van der Waals surface area contributed by atoms with Crippen molar-refractivity contribution >= 4 is 57.6 Å². The fraction of sp³-hybridized carbons (Fsp3) is 0. The van der Waals surface area contributed by atoms with Gasteiger partial charge >= 0.3 is 5.69 Å². The van der Waals surface area contributed by atoms with Gasteiger partial charge in [-0.05, 0) is 42.5 Å². The predicted molar refractivity (Wildman–Crippen MR) is 91.1 cm³/mol. The smallest absolute Gasteiger partial charge is 0.312 e. The van der Waals surface area contributed by atoms with Crippen molar-refractivity contribution in [1.29, 1.82) is 0 Å². The number of anilines is 2. The zero-order valence-electron chi connectivity index (χ0n) is 10.8. The van der Waals surface area contributed by atoms with E-state index in [1.807, 2.05) is 0 Å². The van der Waals surface area contributed by atoms with Gasteiger partial charge in [0.25, 0.3) is 0 Å². The molecule has 6 nitrogen and oxygen atoms in total. The molecule has 9 heteroatoms. The lowest BCUT2D eigenvalue weighted by Crippen LogP contribution is -2.19. The third-order valence-electron chi connectivity index (χ3n) is 2.55. The highest BCUT2D eigenvalue weighted by atomic mass is 35.5. The second-order valence-electron chi connectivity index (χ2n) is 4.20. The van der Waals surface area contributed by atoms with Crippen LogP contribution in [0.5, 0.6) is 5.75 Å². The quantitative estimate of drug-likeness (QED) is 0.326. The average molecular weight is 358 g/mol. The first kappa shape index (κ1) is 16.3. The van der Waals surface area contributed by atoms with Gasteiger partial charge in [0.1, 0.15) is 0 Å². The zero-order valence-corrected chi connectivity index (χ0v) is 13.2. The number of phenolic OH excluding ortho intramolecular Hbond substituents is 1. The van der Waals surface area contributed by atoms with Crippen LogP contribution in [0.25, 0.3) is 0 Å². The number of phenols is 1. The normalized spacial score (nSPS) is 10.1. The Balaban J connectivity index is 2.12. The van der Waals surface area contributed by atoms with Crippen LogP contribution in [-0.4, -0.2) is 15.1 Å². The predicted octanol–water partition coefficient (Wildman–Crippen LogP) is 4.42. The fourth-order valence-electron chi connectivity index (χ4n) is 1.67. The molecule has 0 aliphatic heterocycles. The van der Waals surface area contributed by atoms with E-state index in [0.29, 0.717) is 21.4 Å². The van der Waals surface area contributed by atoms with Crippen LogP contribution >= 0.6 is 35.4 Å². The van der Waals surface area contributed by atoms with E-state index in [1.54, 1.807) is 18.2 Å². The number of rotatable bonds is 3. The van der Waals surface area contributed by atoms with Gasteiger partial charge in [0, 0.05) is 27.5 Å².